The predicted octanol–water partition coefficient (Wildman–Crippen LogP) is 2.03. The average Bonchev–Trinajstić information content (AvgIpc) is 1.81. The van der Waals surface area contributed by atoms with Gasteiger partial charge in [-0.05, 0) is 6.08 Å². The number of alkyl halides is 6. The first-order valence-electron chi connectivity index (χ1n) is 2.55. The number of rotatable bonds is 2. The summed E-state index contributed by atoms with van der Waals surface area (Å²) in [4.78, 5) is 0. The van der Waals surface area contributed by atoms with Gasteiger partial charge in [-0.3, -0.25) is 0 Å². The van der Waals surface area contributed by atoms with E-state index in [4.69, 9.17) is 5.11 Å². The summed E-state index contributed by atoms with van der Waals surface area (Å²) in [7, 11) is 0. The van der Waals surface area contributed by atoms with Crippen LogP contribution in [0.4, 0.5) is 26.3 Å². The Morgan fingerprint density at radius 3 is 1.33 bits per heavy atom. The fourth-order valence-electron chi connectivity index (χ4n) is 0.409. The molecule has 0 aromatic rings. The van der Waals surface area contributed by atoms with Crippen LogP contribution in [0.5, 0.6) is 0 Å². The van der Waals surface area contributed by atoms with Gasteiger partial charge in [0, 0.05) is 0 Å². The quantitative estimate of drug-likeness (QED) is 0.526. The van der Waals surface area contributed by atoms with Crippen LogP contribution in [0.15, 0.2) is 12.7 Å². The Morgan fingerprint density at radius 2 is 1.33 bits per heavy atom. The van der Waals surface area contributed by atoms with Gasteiger partial charge in [0.2, 0.25) is 0 Å². The topological polar surface area (TPSA) is 20.2 Å². The summed E-state index contributed by atoms with van der Waals surface area (Å²) >= 11 is 0. The lowest BCUT2D eigenvalue weighted by molar-refractivity contribution is -0.350. The normalized spacial score (nSPS) is 18.6. The molecular formula is C5H4F6O. The molecule has 0 saturated heterocycles. The molecule has 0 aliphatic rings. The van der Waals surface area contributed by atoms with Crippen molar-refractivity contribution in [1.29, 1.82) is 0 Å². The highest BCUT2D eigenvalue weighted by Gasteiger charge is 2.69. The zero-order valence-corrected chi connectivity index (χ0v) is 5.50. The van der Waals surface area contributed by atoms with Crippen LogP contribution in [0.25, 0.3) is 0 Å². The molecule has 0 bridgehead atoms. The molecule has 12 heavy (non-hydrogen) atoms. The van der Waals surface area contributed by atoms with E-state index in [-0.39, 0.29) is 0 Å². The summed E-state index contributed by atoms with van der Waals surface area (Å²) in [5, 5.41) is 7.57. The van der Waals surface area contributed by atoms with Gasteiger partial charge < -0.3 is 5.11 Å². The molecule has 1 N–H and O–H groups in total. The van der Waals surface area contributed by atoms with Gasteiger partial charge in [0.1, 0.15) is 0 Å². The van der Waals surface area contributed by atoms with E-state index in [1.165, 1.54) is 0 Å². The first-order valence-corrected chi connectivity index (χ1v) is 2.55. The minimum Gasteiger partial charge on any atom is -0.333 e. The first kappa shape index (κ1) is 11.3. The molecule has 0 aromatic heterocycles. The monoisotopic (exact) mass is 194 g/mol. The molecule has 7 heteroatoms. The van der Waals surface area contributed by atoms with Gasteiger partial charge >= 0.3 is 18.0 Å². The number of halogens is 6. The molecule has 0 saturated carbocycles. The summed E-state index contributed by atoms with van der Waals surface area (Å²) < 4.78 is 70.1. The van der Waals surface area contributed by atoms with Crippen molar-refractivity contribution in [2.45, 2.75) is 18.0 Å². The van der Waals surface area contributed by atoms with Gasteiger partial charge in [-0.1, -0.05) is 6.58 Å². The predicted molar refractivity (Wildman–Crippen MR) is 27.3 cm³/mol. The SMILES string of the molecule is C=C[C@](F)(C(O)(F)F)C(F)(F)F. The van der Waals surface area contributed by atoms with Crippen LogP contribution in [0.1, 0.15) is 0 Å². The van der Waals surface area contributed by atoms with Gasteiger partial charge in [0.05, 0.1) is 0 Å². The van der Waals surface area contributed by atoms with Gasteiger partial charge in [0.25, 0.3) is 0 Å². The van der Waals surface area contributed by atoms with Crippen LogP contribution >= 0.6 is 0 Å². The second kappa shape index (κ2) is 2.65. The van der Waals surface area contributed by atoms with Crippen molar-refractivity contribution in [2.75, 3.05) is 0 Å². The van der Waals surface area contributed by atoms with E-state index < -0.39 is 24.0 Å². The molecule has 1 nitrogen and oxygen atoms in total. The van der Waals surface area contributed by atoms with E-state index in [1.54, 1.807) is 0 Å². The van der Waals surface area contributed by atoms with Crippen molar-refractivity contribution in [3.05, 3.63) is 12.7 Å². The third kappa shape index (κ3) is 1.55. The third-order valence-corrected chi connectivity index (χ3v) is 1.13. The van der Waals surface area contributed by atoms with Crippen molar-refractivity contribution < 1.29 is 31.4 Å². The maximum absolute atomic E-state index is 12.3. The highest BCUT2D eigenvalue weighted by atomic mass is 19.4. The molecule has 0 fully saturated rings. The Labute approximate surface area is 63.3 Å². The van der Waals surface area contributed by atoms with Gasteiger partial charge in [0.15, 0.2) is 0 Å². The molecule has 0 aliphatic carbocycles. The Bertz CT molecular complexity index is 163. The molecule has 0 radical (unpaired) electrons. The fourth-order valence-corrected chi connectivity index (χ4v) is 0.409. The van der Waals surface area contributed by atoms with Crippen molar-refractivity contribution in [3.8, 4) is 0 Å². The van der Waals surface area contributed by atoms with E-state index in [9.17, 15) is 26.3 Å². The van der Waals surface area contributed by atoms with Crippen molar-refractivity contribution in [2.24, 2.45) is 0 Å². The summed E-state index contributed by atoms with van der Waals surface area (Å²) in [5.41, 5.74) is -5.10. The van der Waals surface area contributed by atoms with Crippen LogP contribution in [-0.4, -0.2) is 23.1 Å². The molecule has 0 rings (SSSR count). The molecule has 0 spiro atoms. The average molecular weight is 194 g/mol. The maximum atomic E-state index is 12.3. The summed E-state index contributed by atoms with van der Waals surface area (Å²) in [5.74, 6) is 0. The lowest BCUT2D eigenvalue weighted by Crippen LogP contribution is -2.53. The highest BCUT2D eigenvalue weighted by Crippen LogP contribution is 2.44. The zero-order valence-electron chi connectivity index (χ0n) is 5.50. The molecule has 0 amide bonds. The largest absolute Gasteiger partial charge is 0.434 e. The number of hydrogen-bond acceptors (Lipinski definition) is 1. The molecule has 0 aromatic carbocycles. The van der Waals surface area contributed by atoms with Crippen LogP contribution in [0, 0.1) is 0 Å². The van der Waals surface area contributed by atoms with Crippen LogP contribution in [-0.2, 0) is 0 Å². The lowest BCUT2D eigenvalue weighted by Gasteiger charge is -2.27. The molecule has 0 unspecified atom stereocenters. The Balaban J connectivity index is 5.09. The van der Waals surface area contributed by atoms with Crippen LogP contribution in [0.3, 0.4) is 0 Å². The standard InChI is InChI=1S/C5H4F6O/c1-2-3(6,4(7,8)9)5(10,11)12/h2,12H,1H2/t3-/m1/s1. The van der Waals surface area contributed by atoms with Gasteiger partial charge in [-0.2, -0.15) is 22.0 Å². The summed E-state index contributed by atoms with van der Waals surface area (Å²) in [6.07, 6.45) is -12.1. The number of hydrogen-bond donors (Lipinski definition) is 1. The Morgan fingerprint density at radius 1 is 1.00 bits per heavy atom. The van der Waals surface area contributed by atoms with E-state index in [2.05, 4.69) is 6.58 Å². The van der Waals surface area contributed by atoms with E-state index in [1.807, 2.05) is 0 Å². The van der Waals surface area contributed by atoms with Crippen LogP contribution in [0.2, 0.25) is 0 Å². The Hall–Kier alpha value is -0.720. The van der Waals surface area contributed by atoms with Crippen molar-refractivity contribution in [1.82, 2.24) is 0 Å². The van der Waals surface area contributed by atoms with E-state index >= 15 is 0 Å². The van der Waals surface area contributed by atoms with Crippen molar-refractivity contribution in [3.63, 3.8) is 0 Å². The number of aliphatic hydroxyl groups is 1. The second-order valence-electron chi connectivity index (χ2n) is 1.95. The summed E-state index contributed by atoms with van der Waals surface area (Å²) in [6, 6.07) is 0. The molecule has 1 atom stereocenters. The minimum atomic E-state index is -5.90. The molecular weight excluding hydrogens is 190 g/mol. The van der Waals surface area contributed by atoms with E-state index in [0.29, 0.717) is 0 Å². The lowest BCUT2D eigenvalue weighted by atomic mass is 10.1. The highest BCUT2D eigenvalue weighted by molar-refractivity contribution is 5.07. The van der Waals surface area contributed by atoms with Crippen molar-refractivity contribution >= 4 is 0 Å². The van der Waals surface area contributed by atoms with Crippen LogP contribution < -0.4 is 0 Å². The zero-order chi connectivity index (χ0) is 10.2. The second-order valence-corrected chi connectivity index (χ2v) is 1.95. The molecule has 0 heterocycles. The van der Waals surface area contributed by atoms with E-state index in [0.717, 1.165) is 0 Å². The first-order chi connectivity index (χ1) is 5.06. The molecule has 72 valence electrons. The molecule has 0 aliphatic heterocycles. The van der Waals surface area contributed by atoms with Gasteiger partial charge in [-0.15, -0.1) is 0 Å². The maximum Gasteiger partial charge on any atom is 0.434 e. The van der Waals surface area contributed by atoms with Gasteiger partial charge in [-0.25, -0.2) is 4.39 Å². The fraction of sp³-hybridized carbons (Fsp3) is 0.600. The third-order valence-electron chi connectivity index (χ3n) is 1.13. The Kier molecular flexibility index (Phi) is 2.49. The summed E-state index contributed by atoms with van der Waals surface area (Å²) in [6.45, 7) is 2.23. The minimum absolute atomic E-state index is 0.688. The smallest absolute Gasteiger partial charge is 0.333 e.